The number of halogens is 2. The van der Waals surface area contributed by atoms with Gasteiger partial charge in [-0.15, -0.1) is 0 Å². The van der Waals surface area contributed by atoms with Crippen LogP contribution in [0.3, 0.4) is 0 Å². The van der Waals surface area contributed by atoms with Crippen LogP contribution in [0, 0.1) is 5.92 Å². The van der Waals surface area contributed by atoms with E-state index in [-0.39, 0.29) is 46.7 Å². The van der Waals surface area contributed by atoms with Crippen LogP contribution in [0.2, 0.25) is 0 Å². The number of aromatic hydroxyl groups is 1. The third-order valence-corrected chi connectivity index (χ3v) is 9.47. The molecule has 1 N–H and O–H groups in total. The van der Waals surface area contributed by atoms with Gasteiger partial charge in [0.05, 0.1) is 43.4 Å². The van der Waals surface area contributed by atoms with Crippen LogP contribution < -0.4 is 39.4 Å². The number of hydrogen-bond acceptors (Lipinski definition) is 9. The standard InChI is InChI=1S/C23H20BrNO4.C19H14BrNO3.Na/c24-16-8-9-22(29-14-15-10-11-28-13-15)19(12-16)17-4-1-2-5-18(17)20-6-3-7-21(25-20)23(26)27;1-24-19(23)17-8-4-7-16(21-17)14-6-3-2-5-13(14)15-11-12(20)9-10-18(15)22;/h1-9,12,15H,10-11,13-14H2,(H,26,27);2-11,22H,1H3;/q;;+1/p-1. The van der Waals surface area contributed by atoms with Gasteiger partial charge in [0.15, 0.2) is 0 Å². The molecule has 1 fully saturated rings. The number of carboxylic acids is 1. The molecule has 54 heavy (non-hydrogen) atoms. The summed E-state index contributed by atoms with van der Waals surface area (Å²) in [6.45, 7) is 2.10. The molecule has 0 aliphatic carbocycles. The minimum absolute atomic E-state index is 0. The molecule has 0 amide bonds. The Labute approximate surface area is 351 Å². The Balaban J connectivity index is 0.000000208. The molecule has 6 aromatic rings. The summed E-state index contributed by atoms with van der Waals surface area (Å²) in [5.74, 6) is -0.448. The Morgan fingerprint density at radius 3 is 1.89 bits per heavy atom. The first kappa shape index (κ1) is 40.8. The van der Waals surface area contributed by atoms with Crippen molar-refractivity contribution < 1.29 is 63.6 Å². The number of phenols is 1. The average molecular weight is 861 g/mol. The second-order valence-corrected chi connectivity index (χ2v) is 13.9. The summed E-state index contributed by atoms with van der Waals surface area (Å²) in [7, 11) is 1.32. The normalized spacial score (nSPS) is 13.2. The van der Waals surface area contributed by atoms with Crippen LogP contribution >= 0.6 is 31.9 Å². The summed E-state index contributed by atoms with van der Waals surface area (Å²) in [5.41, 5.74) is 6.32. The Morgan fingerprint density at radius 1 is 0.741 bits per heavy atom. The summed E-state index contributed by atoms with van der Waals surface area (Å²) in [6, 6.07) is 36.6. The van der Waals surface area contributed by atoms with Crippen molar-refractivity contribution in [1.82, 2.24) is 9.97 Å². The van der Waals surface area contributed by atoms with Gasteiger partial charge in [0.1, 0.15) is 17.2 Å². The van der Waals surface area contributed by atoms with Gasteiger partial charge in [-0.1, -0.05) is 92.5 Å². The number of carbonyl (C=O) groups excluding carboxylic acids is 2. The number of aromatic nitrogens is 2. The first-order chi connectivity index (χ1) is 25.7. The van der Waals surface area contributed by atoms with E-state index < -0.39 is 11.9 Å². The van der Waals surface area contributed by atoms with Crippen LogP contribution in [-0.2, 0) is 9.47 Å². The van der Waals surface area contributed by atoms with E-state index in [1.165, 1.54) is 13.2 Å². The number of benzene rings is 4. The molecule has 0 saturated carbocycles. The maximum atomic E-state index is 11.7. The summed E-state index contributed by atoms with van der Waals surface area (Å²) in [5, 5.41) is 21.5. The number of pyridine rings is 2. The zero-order valence-corrected chi connectivity index (χ0v) is 34.7. The minimum atomic E-state index is -1.30. The van der Waals surface area contributed by atoms with Gasteiger partial charge in [-0.2, -0.15) is 0 Å². The SMILES string of the molecule is COC(=O)c1cccc(-c2ccccc2-c2cc(Br)ccc2O)n1.O=C([O-])c1cccc(-c2ccccc2-c2cc(Br)ccc2OCC2CCOC2)n1.[Na+]. The molecule has 1 atom stereocenters. The maximum absolute atomic E-state index is 11.7. The second kappa shape index (κ2) is 19.3. The molecule has 0 spiro atoms. The molecule has 1 unspecified atom stereocenters. The molecule has 9 nitrogen and oxygen atoms in total. The van der Waals surface area contributed by atoms with Gasteiger partial charge < -0.3 is 29.2 Å². The fourth-order valence-corrected chi connectivity index (χ4v) is 6.59. The monoisotopic (exact) mass is 858 g/mol. The van der Waals surface area contributed by atoms with Gasteiger partial charge in [0, 0.05) is 43.7 Å². The average Bonchev–Trinajstić information content (AvgIpc) is 3.72. The third-order valence-electron chi connectivity index (χ3n) is 8.49. The van der Waals surface area contributed by atoms with Gasteiger partial charge in [-0.05, 0) is 78.2 Å². The van der Waals surface area contributed by atoms with Gasteiger partial charge in [0.2, 0.25) is 0 Å². The van der Waals surface area contributed by atoms with Crippen molar-refractivity contribution in [2.24, 2.45) is 5.92 Å². The van der Waals surface area contributed by atoms with Crippen molar-refractivity contribution in [3.05, 3.63) is 142 Å². The molecule has 2 aromatic heterocycles. The topological polar surface area (TPSA) is 131 Å². The Bertz CT molecular complexity index is 2260. The molecule has 3 heterocycles. The summed E-state index contributed by atoms with van der Waals surface area (Å²) in [4.78, 5) is 31.6. The van der Waals surface area contributed by atoms with E-state index in [9.17, 15) is 19.8 Å². The molecular formula is C42H33Br2N2NaO7. The van der Waals surface area contributed by atoms with Gasteiger partial charge in [-0.25, -0.2) is 14.8 Å². The van der Waals surface area contributed by atoms with E-state index in [1.807, 2.05) is 78.9 Å². The maximum Gasteiger partial charge on any atom is 1.00 e. The van der Waals surface area contributed by atoms with Gasteiger partial charge in [0.25, 0.3) is 0 Å². The van der Waals surface area contributed by atoms with Crippen LogP contribution in [-0.4, -0.2) is 53.9 Å². The fraction of sp³-hybridized carbons (Fsp3) is 0.143. The van der Waals surface area contributed by atoms with E-state index in [1.54, 1.807) is 36.4 Å². The van der Waals surface area contributed by atoms with Crippen molar-refractivity contribution in [2.75, 3.05) is 26.9 Å². The van der Waals surface area contributed by atoms with Crippen LogP contribution in [0.15, 0.2) is 130 Å². The van der Waals surface area contributed by atoms with E-state index in [4.69, 9.17) is 14.2 Å². The molecule has 12 heteroatoms. The molecule has 0 bridgehead atoms. The van der Waals surface area contributed by atoms with Crippen molar-refractivity contribution >= 4 is 43.8 Å². The van der Waals surface area contributed by atoms with E-state index in [2.05, 4.69) is 41.8 Å². The van der Waals surface area contributed by atoms with Crippen LogP contribution in [0.4, 0.5) is 0 Å². The van der Waals surface area contributed by atoms with Crippen molar-refractivity contribution in [3.63, 3.8) is 0 Å². The number of ether oxygens (including phenoxy) is 3. The third kappa shape index (κ3) is 10.0. The van der Waals surface area contributed by atoms with Gasteiger partial charge >= 0.3 is 35.5 Å². The number of rotatable bonds is 9. The van der Waals surface area contributed by atoms with Crippen molar-refractivity contribution in [2.45, 2.75) is 6.42 Å². The molecule has 1 aliphatic heterocycles. The number of carbonyl (C=O) groups is 2. The number of methoxy groups -OCH3 is 1. The fourth-order valence-electron chi connectivity index (χ4n) is 5.87. The van der Waals surface area contributed by atoms with Crippen LogP contribution in [0.25, 0.3) is 44.8 Å². The molecule has 4 aromatic carbocycles. The first-order valence-electron chi connectivity index (χ1n) is 16.6. The predicted molar refractivity (Wildman–Crippen MR) is 207 cm³/mol. The Morgan fingerprint density at radius 2 is 1.30 bits per heavy atom. The zero-order valence-electron chi connectivity index (χ0n) is 29.5. The number of aromatic carboxylic acids is 1. The second-order valence-electron chi connectivity index (χ2n) is 12.0. The summed E-state index contributed by atoms with van der Waals surface area (Å²) in [6.07, 6.45) is 1.00. The number of hydrogen-bond donors (Lipinski definition) is 1. The van der Waals surface area contributed by atoms with Crippen LogP contribution in [0.1, 0.15) is 27.4 Å². The summed E-state index contributed by atoms with van der Waals surface area (Å²) < 4.78 is 18.1. The predicted octanol–water partition coefficient (Wildman–Crippen LogP) is 5.63. The minimum Gasteiger partial charge on any atom is -0.543 e. The molecule has 7 rings (SSSR count). The number of nitrogens with zero attached hydrogens (tertiary/aromatic N) is 2. The number of carboxylic acid groups (broad SMARTS) is 1. The number of phenolic OH excluding ortho intramolecular Hbond substituents is 1. The van der Waals surface area contributed by atoms with Crippen molar-refractivity contribution in [1.29, 1.82) is 0 Å². The molecule has 1 aliphatic rings. The molecule has 0 radical (unpaired) electrons. The molecule has 1 saturated heterocycles. The molecular weight excluding hydrogens is 827 g/mol. The van der Waals surface area contributed by atoms with E-state index >= 15 is 0 Å². The zero-order chi connectivity index (χ0) is 37.3. The Hall–Kier alpha value is -4.36. The Kier molecular flexibility index (Phi) is 14.6. The van der Waals surface area contributed by atoms with E-state index in [0.29, 0.717) is 29.5 Å². The number of esters is 1. The quantitative estimate of drug-likeness (QED) is 0.145. The summed E-state index contributed by atoms with van der Waals surface area (Å²) >= 11 is 6.97. The largest absolute Gasteiger partial charge is 1.00 e. The van der Waals surface area contributed by atoms with Crippen LogP contribution in [0.5, 0.6) is 11.5 Å². The first-order valence-corrected chi connectivity index (χ1v) is 18.2. The van der Waals surface area contributed by atoms with Crippen molar-refractivity contribution in [3.8, 4) is 56.3 Å². The van der Waals surface area contributed by atoms with E-state index in [0.717, 1.165) is 62.1 Å². The molecule has 268 valence electrons. The van der Waals surface area contributed by atoms with Gasteiger partial charge in [-0.3, -0.25) is 0 Å². The smallest absolute Gasteiger partial charge is 0.543 e.